The minimum absolute atomic E-state index is 0.315. The Hall–Kier alpha value is -2.50. The first-order chi connectivity index (χ1) is 11.6. The summed E-state index contributed by atoms with van der Waals surface area (Å²) in [6, 6.07) is 10.3. The highest BCUT2D eigenvalue weighted by Crippen LogP contribution is 2.30. The van der Waals surface area contributed by atoms with Gasteiger partial charge < -0.3 is 14.6 Å². The maximum atomic E-state index is 12.5. The number of ether oxygens (including phenoxy) is 1. The number of amides is 1. The zero-order valence-corrected chi connectivity index (χ0v) is 14.2. The van der Waals surface area contributed by atoms with Crippen LogP contribution in [0, 0.1) is 0 Å². The number of nitrogens with zero attached hydrogens (tertiary/aromatic N) is 2. The summed E-state index contributed by atoms with van der Waals surface area (Å²) in [6.45, 7) is 0. The molecule has 2 heterocycles. The molecule has 3 aromatic rings. The van der Waals surface area contributed by atoms with E-state index in [0.29, 0.717) is 27.2 Å². The largest absolute Gasteiger partial charge is 0.496 e. The van der Waals surface area contributed by atoms with Crippen molar-refractivity contribution in [2.75, 3.05) is 12.4 Å². The number of benzene rings is 1. The van der Waals surface area contributed by atoms with Crippen molar-refractivity contribution < 1.29 is 9.53 Å². The Morgan fingerprint density at radius 3 is 2.58 bits per heavy atom. The second-order valence-corrected chi connectivity index (χ2v) is 5.75. The Kier molecular flexibility index (Phi) is 4.74. The molecule has 0 saturated carbocycles. The lowest BCUT2D eigenvalue weighted by Crippen LogP contribution is -2.14. The van der Waals surface area contributed by atoms with Crippen molar-refractivity contribution in [1.29, 1.82) is 0 Å². The Morgan fingerprint density at radius 1 is 1.21 bits per heavy atom. The predicted molar refractivity (Wildman–Crippen MR) is 94.5 cm³/mol. The third-order valence-electron chi connectivity index (χ3n) is 3.37. The topological polar surface area (TPSA) is 56.1 Å². The fraction of sp³-hybridized carbons (Fsp3) is 0.0588. The standard InChI is InChI=1S/C17H13Cl2N3O2/c1-24-15-9-14(22-6-2-3-7-22)13(19)8-12(15)17(23)21-16-5-4-11(18)10-20-16/h2-10H,1H3,(H,20,21,23). The summed E-state index contributed by atoms with van der Waals surface area (Å²) in [5.41, 5.74) is 1.04. The normalized spacial score (nSPS) is 10.5. The lowest BCUT2D eigenvalue weighted by Gasteiger charge is -2.13. The van der Waals surface area contributed by atoms with E-state index in [0.717, 1.165) is 5.69 Å². The first-order valence-corrected chi connectivity index (χ1v) is 7.78. The van der Waals surface area contributed by atoms with E-state index in [1.165, 1.54) is 13.3 Å². The molecule has 0 spiro atoms. The zero-order chi connectivity index (χ0) is 17.1. The molecule has 7 heteroatoms. The molecule has 0 atom stereocenters. The highest BCUT2D eigenvalue weighted by atomic mass is 35.5. The number of nitrogens with one attached hydrogen (secondary N) is 1. The van der Waals surface area contributed by atoms with Crippen LogP contribution in [0.15, 0.2) is 55.0 Å². The van der Waals surface area contributed by atoms with Crippen LogP contribution < -0.4 is 10.1 Å². The number of hydrogen-bond acceptors (Lipinski definition) is 3. The molecule has 2 aromatic heterocycles. The molecule has 122 valence electrons. The average molecular weight is 362 g/mol. The monoisotopic (exact) mass is 361 g/mol. The molecule has 0 aliphatic carbocycles. The Labute approximate surface area is 148 Å². The van der Waals surface area contributed by atoms with Crippen LogP contribution in [0.5, 0.6) is 5.75 Å². The number of carbonyl (C=O) groups is 1. The average Bonchev–Trinajstić information content (AvgIpc) is 3.11. The molecule has 5 nitrogen and oxygen atoms in total. The number of hydrogen-bond donors (Lipinski definition) is 1. The number of anilines is 1. The minimum atomic E-state index is -0.373. The van der Waals surface area contributed by atoms with Crippen LogP contribution in [0.1, 0.15) is 10.4 Å². The van der Waals surface area contributed by atoms with E-state index in [4.69, 9.17) is 27.9 Å². The minimum Gasteiger partial charge on any atom is -0.496 e. The Morgan fingerprint density at radius 2 is 1.96 bits per heavy atom. The van der Waals surface area contributed by atoms with E-state index in [-0.39, 0.29) is 5.91 Å². The molecule has 0 radical (unpaired) electrons. The van der Waals surface area contributed by atoms with Gasteiger partial charge in [-0.2, -0.15) is 0 Å². The van der Waals surface area contributed by atoms with Gasteiger partial charge in [0.15, 0.2) is 0 Å². The molecule has 0 aliphatic rings. The molecule has 0 fully saturated rings. The quantitative estimate of drug-likeness (QED) is 0.747. The highest BCUT2D eigenvalue weighted by molar-refractivity contribution is 6.33. The van der Waals surface area contributed by atoms with Gasteiger partial charge in [-0.25, -0.2) is 4.98 Å². The van der Waals surface area contributed by atoms with Gasteiger partial charge >= 0.3 is 0 Å². The second-order valence-electron chi connectivity index (χ2n) is 4.91. The van der Waals surface area contributed by atoms with Crippen LogP contribution in [0.25, 0.3) is 5.69 Å². The van der Waals surface area contributed by atoms with Crippen molar-refractivity contribution >= 4 is 34.9 Å². The predicted octanol–water partition coefficient (Wildman–Crippen LogP) is 4.44. The van der Waals surface area contributed by atoms with Crippen LogP contribution in [0.4, 0.5) is 5.82 Å². The second kappa shape index (κ2) is 6.95. The molecule has 3 rings (SSSR count). The molecule has 24 heavy (non-hydrogen) atoms. The van der Waals surface area contributed by atoms with Crippen molar-refractivity contribution in [3.63, 3.8) is 0 Å². The lowest BCUT2D eigenvalue weighted by molar-refractivity contribution is 0.102. The van der Waals surface area contributed by atoms with Gasteiger partial charge in [-0.05, 0) is 30.3 Å². The zero-order valence-electron chi connectivity index (χ0n) is 12.7. The van der Waals surface area contributed by atoms with Gasteiger partial charge in [0.2, 0.25) is 0 Å². The summed E-state index contributed by atoms with van der Waals surface area (Å²) in [6.07, 6.45) is 5.17. The van der Waals surface area contributed by atoms with Crippen LogP contribution in [0.3, 0.4) is 0 Å². The lowest BCUT2D eigenvalue weighted by atomic mass is 10.1. The summed E-state index contributed by atoms with van der Waals surface area (Å²) < 4.78 is 7.18. The van der Waals surface area contributed by atoms with Gasteiger partial charge in [-0.3, -0.25) is 4.79 Å². The number of aromatic nitrogens is 2. The molecule has 0 unspecified atom stereocenters. The van der Waals surface area contributed by atoms with Crippen LogP contribution in [-0.2, 0) is 0 Å². The third kappa shape index (κ3) is 3.37. The summed E-state index contributed by atoms with van der Waals surface area (Å²) in [5.74, 6) is 0.425. The molecular formula is C17H13Cl2N3O2. The van der Waals surface area contributed by atoms with Crippen molar-refractivity contribution in [2.45, 2.75) is 0 Å². The van der Waals surface area contributed by atoms with Gasteiger partial charge in [0.1, 0.15) is 11.6 Å². The first-order valence-electron chi connectivity index (χ1n) is 7.02. The summed E-state index contributed by atoms with van der Waals surface area (Å²) in [4.78, 5) is 16.5. The smallest absolute Gasteiger partial charge is 0.260 e. The fourth-order valence-electron chi connectivity index (χ4n) is 2.22. The van der Waals surface area contributed by atoms with Crippen molar-refractivity contribution in [2.24, 2.45) is 0 Å². The number of carbonyl (C=O) groups excluding carboxylic acids is 1. The van der Waals surface area contributed by atoms with Gasteiger partial charge in [0.25, 0.3) is 5.91 Å². The molecule has 0 bridgehead atoms. The Balaban J connectivity index is 1.93. The number of rotatable bonds is 4. The van der Waals surface area contributed by atoms with Gasteiger partial charge in [0, 0.05) is 24.7 Å². The van der Waals surface area contributed by atoms with Crippen LogP contribution in [0.2, 0.25) is 10.0 Å². The molecule has 1 N–H and O–H groups in total. The van der Waals surface area contributed by atoms with E-state index in [1.54, 1.807) is 24.3 Å². The highest BCUT2D eigenvalue weighted by Gasteiger charge is 2.17. The summed E-state index contributed by atoms with van der Waals surface area (Å²) in [7, 11) is 1.50. The van der Waals surface area contributed by atoms with E-state index in [2.05, 4.69) is 10.3 Å². The van der Waals surface area contributed by atoms with Gasteiger partial charge in [-0.15, -0.1) is 0 Å². The SMILES string of the molecule is COc1cc(-n2cccc2)c(Cl)cc1C(=O)Nc1ccc(Cl)cn1. The van der Waals surface area contributed by atoms with Crippen molar-refractivity contribution in [3.8, 4) is 11.4 Å². The van der Waals surface area contributed by atoms with Crippen molar-refractivity contribution in [3.05, 3.63) is 70.6 Å². The van der Waals surface area contributed by atoms with Gasteiger partial charge in [-0.1, -0.05) is 23.2 Å². The summed E-state index contributed by atoms with van der Waals surface area (Å²) in [5, 5.41) is 3.61. The molecule has 0 aliphatic heterocycles. The van der Waals surface area contributed by atoms with Gasteiger partial charge in [0.05, 0.1) is 28.4 Å². The number of methoxy groups -OCH3 is 1. The van der Waals surface area contributed by atoms with E-state index < -0.39 is 0 Å². The molecule has 1 aromatic carbocycles. The molecular weight excluding hydrogens is 349 g/mol. The maximum Gasteiger partial charge on any atom is 0.260 e. The molecule has 1 amide bonds. The van der Waals surface area contributed by atoms with Crippen LogP contribution in [-0.4, -0.2) is 22.6 Å². The molecule has 0 saturated heterocycles. The first kappa shape index (κ1) is 16.4. The fourth-order valence-corrected chi connectivity index (χ4v) is 2.59. The Bertz CT molecular complexity index is 862. The third-order valence-corrected chi connectivity index (χ3v) is 3.89. The summed E-state index contributed by atoms with van der Waals surface area (Å²) >= 11 is 12.1. The number of halogens is 2. The van der Waals surface area contributed by atoms with E-state index in [9.17, 15) is 4.79 Å². The van der Waals surface area contributed by atoms with Crippen molar-refractivity contribution in [1.82, 2.24) is 9.55 Å². The van der Waals surface area contributed by atoms with E-state index >= 15 is 0 Å². The van der Waals surface area contributed by atoms with Crippen LogP contribution >= 0.6 is 23.2 Å². The van der Waals surface area contributed by atoms with E-state index in [1.807, 2.05) is 29.1 Å². The maximum absolute atomic E-state index is 12.5. The number of pyridine rings is 1.